The number of amides is 1. The summed E-state index contributed by atoms with van der Waals surface area (Å²) in [7, 11) is 0. The number of carbonyl (C=O) groups is 1. The average Bonchev–Trinajstić information content (AvgIpc) is 2.72. The number of piperazine rings is 1. The zero-order valence-electron chi connectivity index (χ0n) is 16.5. The van der Waals surface area contributed by atoms with Crippen molar-refractivity contribution >= 4 is 16.8 Å². The molecule has 1 aliphatic rings. The first-order valence-electron chi connectivity index (χ1n) is 9.86. The molecule has 3 aromatic rings. The number of hydrogen-bond donors (Lipinski definition) is 1. The van der Waals surface area contributed by atoms with Crippen molar-refractivity contribution in [3.05, 3.63) is 81.4 Å². The Kier molecular flexibility index (Phi) is 5.45. The fourth-order valence-corrected chi connectivity index (χ4v) is 3.83. The molecule has 5 nitrogen and oxygen atoms in total. The van der Waals surface area contributed by atoms with E-state index in [2.05, 4.69) is 9.88 Å². The number of fused-ring (bicyclic) bond motifs is 1. The van der Waals surface area contributed by atoms with Crippen LogP contribution < -0.4 is 5.56 Å². The van der Waals surface area contributed by atoms with Crippen molar-refractivity contribution in [2.45, 2.75) is 19.9 Å². The molecule has 1 aliphatic heterocycles. The van der Waals surface area contributed by atoms with Gasteiger partial charge in [0.1, 0.15) is 5.82 Å². The second-order valence-corrected chi connectivity index (χ2v) is 7.62. The number of H-pyrrole nitrogens is 1. The second-order valence-electron chi connectivity index (χ2n) is 7.62. The van der Waals surface area contributed by atoms with E-state index in [1.54, 1.807) is 12.1 Å². The summed E-state index contributed by atoms with van der Waals surface area (Å²) in [6.45, 7) is 5.26. The van der Waals surface area contributed by atoms with Gasteiger partial charge in [-0.25, -0.2) is 4.39 Å². The lowest BCUT2D eigenvalue weighted by atomic mass is 10.1. The first-order chi connectivity index (χ1) is 14.0. The topological polar surface area (TPSA) is 56.4 Å². The number of para-hydroxylation sites is 1. The highest BCUT2D eigenvalue weighted by molar-refractivity contribution is 5.82. The van der Waals surface area contributed by atoms with E-state index in [9.17, 15) is 14.0 Å². The standard InChI is InChI=1S/C23H24FN3O2/c1-16-3-2-4-18-14-19(23(29)25-22(16)18)15-26-9-11-27(12-10-26)21(28)13-17-5-7-20(24)8-6-17/h2-8,14H,9-13,15H2,1H3,(H,25,29). The SMILES string of the molecule is Cc1cccc2cc(CN3CCN(C(=O)Cc4ccc(F)cc4)CC3)c(=O)[nH]c12. The monoisotopic (exact) mass is 393 g/mol. The predicted molar refractivity (Wildman–Crippen MR) is 111 cm³/mol. The molecule has 1 N–H and O–H groups in total. The van der Waals surface area contributed by atoms with E-state index in [0.29, 0.717) is 19.6 Å². The molecule has 0 unspecified atom stereocenters. The van der Waals surface area contributed by atoms with Crippen molar-refractivity contribution in [1.29, 1.82) is 0 Å². The Hall–Kier alpha value is -2.99. The van der Waals surface area contributed by atoms with E-state index in [0.717, 1.165) is 40.7 Å². The molecule has 0 spiro atoms. The van der Waals surface area contributed by atoms with Crippen LogP contribution in [-0.4, -0.2) is 46.9 Å². The third-order valence-electron chi connectivity index (χ3n) is 5.55. The summed E-state index contributed by atoms with van der Waals surface area (Å²) < 4.78 is 13.0. The van der Waals surface area contributed by atoms with Gasteiger partial charge in [-0.3, -0.25) is 14.5 Å². The molecule has 0 saturated carbocycles. The normalized spacial score (nSPS) is 15.0. The van der Waals surface area contributed by atoms with Crippen molar-refractivity contribution in [2.24, 2.45) is 0 Å². The van der Waals surface area contributed by atoms with Gasteiger partial charge in [0.25, 0.3) is 5.56 Å². The van der Waals surface area contributed by atoms with Crippen LogP contribution in [-0.2, 0) is 17.8 Å². The molecule has 6 heteroatoms. The van der Waals surface area contributed by atoms with Gasteiger partial charge >= 0.3 is 0 Å². The lowest BCUT2D eigenvalue weighted by Gasteiger charge is -2.34. The number of rotatable bonds is 4. The van der Waals surface area contributed by atoms with Crippen molar-refractivity contribution in [2.75, 3.05) is 26.2 Å². The van der Waals surface area contributed by atoms with Crippen molar-refractivity contribution in [1.82, 2.24) is 14.8 Å². The molecule has 29 heavy (non-hydrogen) atoms. The minimum atomic E-state index is -0.298. The summed E-state index contributed by atoms with van der Waals surface area (Å²) in [6.07, 6.45) is 0.282. The van der Waals surface area contributed by atoms with Crippen LogP contribution in [0.2, 0.25) is 0 Å². The zero-order valence-corrected chi connectivity index (χ0v) is 16.5. The quantitative estimate of drug-likeness (QED) is 0.742. The van der Waals surface area contributed by atoms with Gasteiger partial charge in [0.2, 0.25) is 5.91 Å². The predicted octanol–water partition coefficient (Wildman–Crippen LogP) is 2.86. The van der Waals surface area contributed by atoms with Crippen LogP contribution in [0.25, 0.3) is 10.9 Å². The molecule has 1 aromatic heterocycles. The summed E-state index contributed by atoms with van der Waals surface area (Å²) in [5.41, 5.74) is 3.45. The largest absolute Gasteiger partial charge is 0.340 e. The summed E-state index contributed by atoms with van der Waals surface area (Å²) in [4.78, 5) is 32.0. The summed E-state index contributed by atoms with van der Waals surface area (Å²) in [5, 5.41) is 1.03. The fraction of sp³-hybridized carbons (Fsp3) is 0.304. The maximum absolute atomic E-state index is 13.0. The number of nitrogens with one attached hydrogen (secondary N) is 1. The van der Waals surface area contributed by atoms with Gasteiger partial charge < -0.3 is 9.88 Å². The maximum Gasteiger partial charge on any atom is 0.252 e. The number of aromatic nitrogens is 1. The van der Waals surface area contributed by atoms with Crippen molar-refractivity contribution in [3.8, 4) is 0 Å². The van der Waals surface area contributed by atoms with Crippen molar-refractivity contribution < 1.29 is 9.18 Å². The van der Waals surface area contributed by atoms with E-state index in [4.69, 9.17) is 0 Å². The number of nitrogens with zero attached hydrogens (tertiary/aromatic N) is 2. The highest BCUT2D eigenvalue weighted by Gasteiger charge is 2.22. The highest BCUT2D eigenvalue weighted by atomic mass is 19.1. The maximum atomic E-state index is 13.0. The van der Waals surface area contributed by atoms with Gasteiger partial charge in [-0.05, 0) is 41.6 Å². The number of halogens is 1. The number of carbonyl (C=O) groups excluding carboxylic acids is 1. The Bertz CT molecular complexity index is 1080. The van der Waals surface area contributed by atoms with Crippen LogP contribution in [0.5, 0.6) is 0 Å². The van der Waals surface area contributed by atoms with Crippen LogP contribution in [0.3, 0.4) is 0 Å². The number of benzene rings is 2. The molecular formula is C23H24FN3O2. The minimum absolute atomic E-state index is 0.0512. The summed E-state index contributed by atoms with van der Waals surface area (Å²) in [6, 6.07) is 14.0. The van der Waals surface area contributed by atoms with Gasteiger partial charge in [-0.1, -0.05) is 30.3 Å². The zero-order chi connectivity index (χ0) is 20.4. The summed E-state index contributed by atoms with van der Waals surface area (Å²) in [5.74, 6) is -0.246. The third kappa shape index (κ3) is 4.38. The molecule has 4 rings (SSSR count). The molecule has 150 valence electrons. The molecular weight excluding hydrogens is 369 g/mol. The van der Waals surface area contributed by atoms with Crippen LogP contribution in [0.4, 0.5) is 4.39 Å². The van der Waals surface area contributed by atoms with E-state index >= 15 is 0 Å². The molecule has 0 aliphatic carbocycles. The Morgan fingerprint density at radius 2 is 1.79 bits per heavy atom. The second kappa shape index (κ2) is 8.17. The molecule has 1 saturated heterocycles. The van der Waals surface area contributed by atoms with Crippen LogP contribution >= 0.6 is 0 Å². The van der Waals surface area contributed by atoms with Crippen LogP contribution in [0.1, 0.15) is 16.7 Å². The molecule has 0 bridgehead atoms. The van der Waals surface area contributed by atoms with E-state index in [-0.39, 0.29) is 23.7 Å². The molecule has 2 aromatic carbocycles. The molecule has 0 atom stereocenters. The van der Waals surface area contributed by atoms with E-state index in [1.807, 2.05) is 36.1 Å². The summed E-state index contributed by atoms with van der Waals surface area (Å²) >= 11 is 0. The number of aromatic amines is 1. The smallest absolute Gasteiger partial charge is 0.252 e. The van der Waals surface area contributed by atoms with E-state index in [1.165, 1.54) is 12.1 Å². The fourth-order valence-electron chi connectivity index (χ4n) is 3.83. The number of aryl methyl sites for hydroxylation is 1. The van der Waals surface area contributed by atoms with Gasteiger partial charge in [0.15, 0.2) is 0 Å². The lowest BCUT2D eigenvalue weighted by molar-refractivity contribution is -0.132. The van der Waals surface area contributed by atoms with Crippen LogP contribution in [0, 0.1) is 12.7 Å². The molecule has 1 fully saturated rings. The van der Waals surface area contributed by atoms with Gasteiger partial charge in [0.05, 0.1) is 11.9 Å². The third-order valence-corrected chi connectivity index (χ3v) is 5.55. The number of pyridine rings is 1. The Morgan fingerprint density at radius 3 is 2.52 bits per heavy atom. The highest BCUT2D eigenvalue weighted by Crippen LogP contribution is 2.16. The van der Waals surface area contributed by atoms with Gasteiger partial charge in [-0.15, -0.1) is 0 Å². The lowest BCUT2D eigenvalue weighted by Crippen LogP contribution is -2.49. The minimum Gasteiger partial charge on any atom is -0.340 e. The first-order valence-corrected chi connectivity index (χ1v) is 9.86. The Balaban J connectivity index is 1.37. The Morgan fingerprint density at radius 1 is 1.07 bits per heavy atom. The first kappa shape index (κ1) is 19.3. The molecule has 0 radical (unpaired) electrons. The average molecular weight is 393 g/mol. The van der Waals surface area contributed by atoms with Crippen molar-refractivity contribution in [3.63, 3.8) is 0 Å². The number of hydrogen-bond acceptors (Lipinski definition) is 3. The van der Waals surface area contributed by atoms with Crippen LogP contribution in [0.15, 0.2) is 53.3 Å². The van der Waals surface area contributed by atoms with E-state index < -0.39 is 0 Å². The van der Waals surface area contributed by atoms with Gasteiger partial charge in [0, 0.05) is 38.3 Å². The van der Waals surface area contributed by atoms with Gasteiger partial charge in [-0.2, -0.15) is 0 Å². The molecule has 2 heterocycles. The molecule has 1 amide bonds. The Labute approximate surface area is 168 Å².